The second kappa shape index (κ2) is 11.5. The summed E-state index contributed by atoms with van der Waals surface area (Å²) < 4.78 is 6.74. The van der Waals surface area contributed by atoms with Crippen molar-refractivity contribution in [3.8, 4) is 5.75 Å². The summed E-state index contributed by atoms with van der Waals surface area (Å²) in [6.07, 6.45) is 0.826. The van der Waals surface area contributed by atoms with Gasteiger partial charge >= 0.3 is 0 Å². The summed E-state index contributed by atoms with van der Waals surface area (Å²) in [5.41, 5.74) is 2.19. The maximum atomic E-state index is 13.1. The quantitative estimate of drug-likeness (QED) is 0.495. The van der Waals surface area contributed by atoms with Gasteiger partial charge in [-0.3, -0.25) is 9.59 Å². The molecule has 32 heavy (non-hydrogen) atoms. The third-order valence-electron chi connectivity index (χ3n) is 5.52. The van der Waals surface area contributed by atoms with Gasteiger partial charge in [0.25, 0.3) is 5.91 Å². The van der Waals surface area contributed by atoms with Crippen LogP contribution in [0.3, 0.4) is 0 Å². The van der Waals surface area contributed by atoms with Gasteiger partial charge in [-0.2, -0.15) is 0 Å². The Labute approximate surface area is 200 Å². The van der Waals surface area contributed by atoms with E-state index in [1.165, 1.54) is 5.56 Å². The predicted molar refractivity (Wildman–Crippen MR) is 133 cm³/mol. The lowest BCUT2D eigenvalue weighted by Gasteiger charge is -2.29. The Balaban J connectivity index is 2.13. The molecule has 0 bridgehead atoms. The summed E-state index contributed by atoms with van der Waals surface area (Å²) in [5.74, 6) is 0.227. The van der Waals surface area contributed by atoms with Crippen LogP contribution in [0, 0.1) is 0 Å². The van der Waals surface area contributed by atoms with Crippen molar-refractivity contribution >= 4 is 27.7 Å². The lowest BCUT2D eigenvalue weighted by Crippen LogP contribution is -2.50. The van der Waals surface area contributed by atoms with Crippen LogP contribution in [-0.2, 0) is 21.5 Å². The van der Waals surface area contributed by atoms with Gasteiger partial charge in [-0.25, -0.2) is 0 Å². The van der Waals surface area contributed by atoms with Gasteiger partial charge in [0.05, 0.1) is 0 Å². The molecule has 2 atom stereocenters. The fraction of sp³-hybridized carbons (Fsp3) is 0.462. The van der Waals surface area contributed by atoms with Crippen LogP contribution in [0.2, 0.25) is 0 Å². The molecule has 5 nitrogen and oxygen atoms in total. The van der Waals surface area contributed by atoms with E-state index >= 15 is 0 Å². The van der Waals surface area contributed by atoms with Crippen molar-refractivity contribution in [3.63, 3.8) is 0 Å². The van der Waals surface area contributed by atoms with Crippen LogP contribution in [0.15, 0.2) is 53.0 Å². The molecule has 0 saturated carbocycles. The lowest BCUT2D eigenvalue weighted by atomic mass is 9.87. The molecule has 0 spiro atoms. The number of hydrogen-bond donors (Lipinski definition) is 1. The lowest BCUT2D eigenvalue weighted by molar-refractivity contribution is -0.142. The summed E-state index contributed by atoms with van der Waals surface area (Å²) >= 11 is 3.43. The van der Waals surface area contributed by atoms with Crippen LogP contribution < -0.4 is 10.1 Å². The van der Waals surface area contributed by atoms with Gasteiger partial charge < -0.3 is 15.0 Å². The molecule has 2 aromatic carbocycles. The Morgan fingerprint density at radius 1 is 1.03 bits per heavy atom. The summed E-state index contributed by atoms with van der Waals surface area (Å²) in [5, 5.41) is 2.97. The number of ether oxygens (including phenoxy) is 1. The SMILES string of the molecule is CC[C@H](C)NC(=O)[C@@H](C)N(Cc1ccc(Br)cc1)C(=O)COc1ccc(C(C)(C)C)cc1. The Morgan fingerprint density at radius 2 is 1.62 bits per heavy atom. The molecule has 0 aliphatic heterocycles. The summed E-state index contributed by atoms with van der Waals surface area (Å²) in [6, 6.07) is 15.0. The van der Waals surface area contributed by atoms with Gasteiger partial charge in [0.2, 0.25) is 5.91 Å². The molecule has 174 valence electrons. The first-order chi connectivity index (χ1) is 15.0. The minimum absolute atomic E-state index is 0.0483. The third-order valence-corrected chi connectivity index (χ3v) is 6.05. The van der Waals surface area contributed by atoms with E-state index in [2.05, 4.69) is 42.0 Å². The standard InChI is InChI=1S/C26H35BrN2O3/c1-7-18(2)28-25(31)19(3)29(16-20-8-12-22(27)13-9-20)24(30)17-32-23-14-10-21(11-15-23)26(4,5)6/h8-15,18-19H,7,16-17H2,1-6H3,(H,28,31)/t18-,19+/m0/s1. The fourth-order valence-electron chi connectivity index (χ4n) is 3.11. The molecule has 1 N–H and O–H groups in total. The van der Waals surface area contributed by atoms with Crippen molar-refractivity contribution in [3.05, 3.63) is 64.1 Å². The average molecular weight is 503 g/mol. The molecule has 2 rings (SSSR count). The first kappa shape index (κ1) is 25.9. The molecular weight excluding hydrogens is 468 g/mol. The molecule has 6 heteroatoms. The topological polar surface area (TPSA) is 58.6 Å². The number of carbonyl (C=O) groups is 2. The zero-order chi connectivity index (χ0) is 23.9. The number of rotatable bonds is 9. The van der Waals surface area contributed by atoms with Crippen molar-refractivity contribution in [2.45, 2.75) is 72.0 Å². The molecule has 2 aromatic rings. The zero-order valence-electron chi connectivity index (χ0n) is 19.9. The smallest absolute Gasteiger partial charge is 0.261 e. The van der Waals surface area contributed by atoms with Crippen molar-refractivity contribution in [1.82, 2.24) is 10.2 Å². The molecule has 0 fully saturated rings. The molecule has 2 amide bonds. The van der Waals surface area contributed by atoms with Crippen LogP contribution in [-0.4, -0.2) is 35.4 Å². The first-order valence-corrected chi connectivity index (χ1v) is 11.9. The molecule has 0 saturated heterocycles. The van der Waals surface area contributed by atoms with E-state index in [4.69, 9.17) is 4.74 Å². The maximum Gasteiger partial charge on any atom is 0.261 e. The average Bonchev–Trinajstić information content (AvgIpc) is 2.76. The highest BCUT2D eigenvalue weighted by Gasteiger charge is 2.27. The maximum absolute atomic E-state index is 13.1. The second-order valence-electron chi connectivity index (χ2n) is 9.21. The van der Waals surface area contributed by atoms with Crippen LogP contribution in [0.5, 0.6) is 5.75 Å². The molecule has 0 heterocycles. The van der Waals surface area contributed by atoms with Crippen molar-refractivity contribution in [2.75, 3.05) is 6.61 Å². The van der Waals surface area contributed by atoms with E-state index in [1.54, 1.807) is 11.8 Å². The van der Waals surface area contributed by atoms with Gasteiger partial charge in [-0.05, 0) is 61.1 Å². The Kier molecular flexibility index (Phi) is 9.32. The largest absolute Gasteiger partial charge is 0.484 e. The van der Waals surface area contributed by atoms with Gasteiger partial charge in [0.1, 0.15) is 11.8 Å². The van der Waals surface area contributed by atoms with Gasteiger partial charge in [-0.1, -0.05) is 67.9 Å². The molecule has 0 unspecified atom stereocenters. The normalized spacial score (nSPS) is 13.2. The second-order valence-corrected chi connectivity index (χ2v) is 10.1. The van der Waals surface area contributed by atoms with E-state index in [-0.39, 0.29) is 29.9 Å². The third kappa shape index (κ3) is 7.66. The summed E-state index contributed by atoms with van der Waals surface area (Å²) in [6.45, 7) is 12.4. The number of nitrogens with one attached hydrogen (secondary N) is 1. The van der Waals surface area contributed by atoms with Crippen molar-refractivity contribution in [2.24, 2.45) is 0 Å². The van der Waals surface area contributed by atoms with Crippen LogP contribution in [0.1, 0.15) is 59.1 Å². The molecule has 0 radical (unpaired) electrons. The number of amides is 2. The van der Waals surface area contributed by atoms with E-state index < -0.39 is 6.04 Å². The van der Waals surface area contributed by atoms with Crippen LogP contribution >= 0.6 is 15.9 Å². The van der Waals surface area contributed by atoms with Crippen LogP contribution in [0.25, 0.3) is 0 Å². The molecule has 0 aromatic heterocycles. The Hall–Kier alpha value is -2.34. The monoisotopic (exact) mass is 502 g/mol. The number of hydrogen-bond acceptors (Lipinski definition) is 3. The fourth-order valence-corrected chi connectivity index (χ4v) is 3.38. The predicted octanol–water partition coefficient (Wildman–Crippen LogP) is 5.46. The number of benzene rings is 2. The Bertz CT molecular complexity index is 889. The number of carbonyl (C=O) groups excluding carboxylic acids is 2. The van der Waals surface area contributed by atoms with E-state index in [0.717, 1.165) is 16.5 Å². The Morgan fingerprint density at radius 3 is 2.16 bits per heavy atom. The van der Waals surface area contributed by atoms with Gasteiger partial charge in [0.15, 0.2) is 6.61 Å². The summed E-state index contributed by atoms with van der Waals surface area (Å²) in [4.78, 5) is 27.5. The van der Waals surface area contributed by atoms with Crippen molar-refractivity contribution < 1.29 is 14.3 Å². The zero-order valence-corrected chi connectivity index (χ0v) is 21.5. The molecule has 0 aliphatic carbocycles. The first-order valence-electron chi connectivity index (χ1n) is 11.1. The molecular formula is C26H35BrN2O3. The van der Waals surface area contributed by atoms with Gasteiger partial charge in [0, 0.05) is 17.1 Å². The summed E-state index contributed by atoms with van der Waals surface area (Å²) in [7, 11) is 0. The van der Waals surface area contributed by atoms with Crippen LogP contribution in [0.4, 0.5) is 0 Å². The van der Waals surface area contributed by atoms with E-state index in [0.29, 0.717) is 12.3 Å². The van der Waals surface area contributed by atoms with Crippen molar-refractivity contribution in [1.29, 1.82) is 0 Å². The number of nitrogens with zero attached hydrogens (tertiary/aromatic N) is 1. The van der Waals surface area contributed by atoms with E-state index in [9.17, 15) is 9.59 Å². The minimum Gasteiger partial charge on any atom is -0.484 e. The molecule has 0 aliphatic rings. The highest BCUT2D eigenvalue weighted by Crippen LogP contribution is 2.24. The minimum atomic E-state index is -0.619. The van der Waals surface area contributed by atoms with Gasteiger partial charge in [-0.15, -0.1) is 0 Å². The number of halogens is 1. The van der Waals surface area contributed by atoms with E-state index in [1.807, 2.05) is 62.4 Å². The highest BCUT2D eigenvalue weighted by molar-refractivity contribution is 9.10. The highest BCUT2D eigenvalue weighted by atomic mass is 79.9.